The van der Waals surface area contributed by atoms with E-state index < -0.39 is 55.0 Å². The van der Waals surface area contributed by atoms with Crippen LogP contribution in [0.2, 0.25) is 5.15 Å². The van der Waals surface area contributed by atoms with Crippen molar-refractivity contribution in [1.29, 1.82) is 0 Å². The van der Waals surface area contributed by atoms with Crippen molar-refractivity contribution in [1.82, 2.24) is 44.3 Å². The molecule has 6 heterocycles. The number of hydrogen-bond acceptors (Lipinski definition) is 17. The van der Waals surface area contributed by atoms with Gasteiger partial charge in [0, 0.05) is 42.1 Å². The molecule has 4 aliphatic rings. The van der Waals surface area contributed by atoms with Crippen molar-refractivity contribution >= 4 is 95.2 Å². The molecule has 94 heavy (non-hydrogen) atoms. The van der Waals surface area contributed by atoms with Crippen LogP contribution in [0.25, 0.3) is 11.6 Å². The number of hydrogen-bond donors (Lipinski definition) is 3. The van der Waals surface area contributed by atoms with Gasteiger partial charge in [0.05, 0.1) is 45.0 Å². The van der Waals surface area contributed by atoms with E-state index in [1.165, 1.54) is 83.1 Å². The normalized spacial score (nSPS) is 17.6. The van der Waals surface area contributed by atoms with Crippen LogP contribution in [0.15, 0.2) is 107 Å². The first kappa shape index (κ1) is 87.0. The van der Waals surface area contributed by atoms with E-state index in [4.69, 9.17) is 36.1 Å². The zero-order valence-electron chi connectivity index (χ0n) is 54.4. The van der Waals surface area contributed by atoms with Gasteiger partial charge in [-0.25, -0.2) is 45.6 Å². The van der Waals surface area contributed by atoms with Gasteiger partial charge in [-0.15, -0.1) is 22.6 Å². The van der Waals surface area contributed by atoms with Gasteiger partial charge in [-0.05, 0) is 159 Å². The summed E-state index contributed by atoms with van der Waals surface area (Å²) in [5.41, 5.74) is -2.38. The molecule has 21 nitrogen and oxygen atoms in total. The van der Waals surface area contributed by atoms with Gasteiger partial charge >= 0.3 is 115 Å². The predicted molar refractivity (Wildman–Crippen MR) is 342 cm³/mol. The first-order chi connectivity index (χ1) is 41.5. The van der Waals surface area contributed by atoms with E-state index in [0.717, 1.165) is 12.3 Å². The van der Waals surface area contributed by atoms with Crippen LogP contribution in [-0.4, -0.2) is 114 Å². The second-order valence-electron chi connectivity index (χ2n) is 23.9. The summed E-state index contributed by atoms with van der Waals surface area (Å²) in [4.78, 5) is 48.0. The molecule has 0 radical (unpaired) electrons. The van der Waals surface area contributed by atoms with Gasteiger partial charge in [-0.1, -0.05) is 61.8 Å². The van der Waals surface area contributed by atoms with Gasteiger partial charge in [0.2, 0.25) is 11.8 Å². The van der Waals surface area contributed by atoms with Crippen LogP contribution >= 0.6 is 51.0 Å². The topological polar surface area (TPSA) is 271 Å². The molecule has 2 aromatic carbocycles. The van der Waals surface area contributed by atoms with Crippen LogP contribution in [-0.2, 0) is 29.7 Å². The number of alkyl halides is 6. The second kappa shape index (κ2) is 35.8. The van der Waals surface area contributed by atoms with Gasteiger partial charge in [0.1, 0.15) is 11.0 Å². The number of anilines is 1. The number of aromatic nitrogens is 6. The Morgan fingerprint density at radius 3 is 1.45 bits per heavy atom. The van der Waals surface area contributed by atoms with Gasteiger partial charge in [-0.3, -0.25) is 14.4 Å². The third-order valence-corrected chi connectivity index (χ3v) is 19.0. The van der Waals surface area contributed by atoms with Crippen LogP contribution in [0.1, 0.15) is 126 Å². The van der Waals surface area contributed by atoms with Crippen molar-refractivity contribution in [2.45, 2.75) is 140 Å². The molecule has 510 valence electrons. The van der Waals surface area contributed by atoms with Crippen LogP contribution in [0.5, 0.6) is 11.8 Å². The van der Waals surface area contributed by atoms with Crippen molar-refractivity contribution in [2.24, 2.45) is 22.7 Å². The number of nitrogens with one attached hydrogen (secondary N) is 3. The monoisotopic (exact) mass is 1490 g/mol. The molecule has 2 aliphatic carbocycles. The van der Waals surface area contributed by atoms with Crippen molar-refractivity contribution in [3.63, 3.8) is 0 Å². The minimum Gasteiger partial charge on any atom is -1.00 e. The van der Waals surface area contributed by atoms with Gasteiger partial charge in [0.25, 0.3) is 38.3 Å². The van der Waals surface area contributed by atoms with Crippen molar-refractivity contribution in [3.05, 3.63) is 125 Å². The fraction of sp³-hybridized carbons (Fsp3) is 0.475. The van der Waals surface area contributed by atoms with E-state index in [1.54, 1.807) is 50.4 Å². The fourth-order valence-electron chi connectivity index (χ4n) is 10.7. The van der Waals surface area contributed by atoms with E-state index in [9.17, 15) is 52.8 Å². The number of aryl methyl sites for hydroxylation is 2. The molecule has 2 atom stereocenters. The van der Waals surface area contributed by atoms with Crippen LogP contribution in [0, 0.1) is 36.5 Å². The first-order valence-corrected chi connectivity index (χ1v) is 31.6. The number of ether oxygens (including phenoxy) is 2. The number of pyridine rings is 2. The van der Waals surface area contributed by atoms with E-state index in [1.807, 2.05) is 23.5 Å². The Morgan fingerprint density at radius 2 is 1.11 bits per heavy atom. The quantitative estimate of drug-likeness (QED) is 0.0267. The van der Waals surface area contributed by atoms with Gasteiger partial charge < -0.3 is 31.3 Å². The standard InChI is InChI=1S/C29H34F3N5O4S.C22H20ClF3N4O4S.C7H15N.CH2O3.ClH.2K.2H2S.H/c1-19-17-27(3,4)36(18-19)25-21(26(38)35-42(39,40)22-8-6-5-7-20(22)2)9-10-23(33-25)37-15-11-24(34-37)41-16-14-28(12-13-28)29(30,31)32;1-14-4-2-3-5-16(14)35(32,33)29-20(31)15-6-7-17(27-19(15)23)30-12-8-18(28-30)34-13-11-21(9-10-21)22(24,25)26;1-6-4-7(2,3)8-5-6;2-1-4-3;;;;;;/h5-11,15,19H,12-14,16-18H2,1-4H3,(H,35,38);2-8,12H,9-11,13H2,1H3,(H,29,31);6,8H,4-5H2,1-3H3;1,3H;1H;;;2*1H2;/q;;;;;2*+1;;;-1/p-1/t19-;;6-;;;;;;;/m0.0......./s1. The Balaban J connectivity index is 0.000000772. The molecule has 0 spiro atoms. The number of benzene rings is 2. The minimum absolute atomic E-state index is 0. The minimum atomic E-state index is -4.25. The SMILES string of the molecule is C[C@@H]1CNC(C)(C)C1.Cc1ccccc1S(=O)(=O)NC(=O)c1ccc(-n2ccc(OCCC3(C(F)(F)F)CC3)n2)nc1Cl.Cc1ccccc1S(=O)(=O)NC(=O)c1ccc(-n2ccc(OCCC3(C(F)(F)F)CC3)n2)nc1N1C[C@@H](C)CC1(C)C.Cl.O=CO[O-].S.S.[H-].[K+].[K+]. The predicted octanol–water partition coefficient (Wildman–Crippen LogP) is 4.49. The van der Waals surface area contributed by atoms with Crippen molar-refractivity contribution < 1.29 is 181 Å². The average Bonchev–Trinajstić information content (AvgIpc) is 1.66. The molecule has 4 fully saturated rings. The molecule has 6 aromatic rings. The number of amides is 2. The summed E-state index contributed by atoms with van der Waals surface area (Å²) in [5, 5.41) is 20.0. The summed E-state index contributed by atoms with van der Waals surface area (Å²) in [6.07, 6.45) is -3.16. The Kier molecular flexibility index (Phi) is 33.1. The molecule has 2 saturated carbocycles. The zero-order chi connectivity index (χ0) is 65.5. The number of carbonyl (C=O) groups is 3. The smallest absolute Gasteiger partial charge is 1.00 e. The molecule has 0 unspecified atom stereocenters. The summed E-state index contributed by atoms with van der Waals surface area (Å²) < 4.78 is 148. The number of nitrogens with zero attached hydrogens (tertiary/aromatic N) is 7. The largest absolute Gasteiger partial charge is 1.00 e. The average molecular weight is 1490 g/mol. The second-order valence-corrected chi connectivity index (χ2v) is 27.6. The maximum Gasteiger partial charge on any atom is 1.00 e. The summed E-state index contributed by atoms with van der Waals surface area (Å²) in [6, 6.07) is 21.3. The summed E-state index contributed by atoms with van der Waals surface area (Å²) in [5.74, 6) is 0.492. The molecule has 2 aliphatic heterocycles. The number of rotatable bonds is 18. The number of sulfonamides is 2. The molecule has 2 amide bonds. The molecule has 4 aromatic heterocycles. The van der Waals surface area contributed by atoms with E-state index in [-0.39, 0.29) is 251 Å². The zero-order valence-corrected chi connectivity index (χ0v) is 64.9. The Labute approximate surface area is 654 Å². The van der Waals surface area contributed by atoms with Gasteiger partial charge in [-0.2, -0.15) is 53.3 Å². The molecule has 35 heteroatoms. The van der Waals surface area contributed by atoms with Crippen LogP contribution in [0.3, 0.4) is 0 Å². The van der Waals surface area contributed by atoms with Gasteiger partial charge in [0.15, 0.2) is 11.6 Å². The molecular formula is C59H76Cl2F6K2N10O11S4. The van der Waals surface area contributed by atoms with E-state index in [2.05, 4.69) is 57.8 Å². The maximum atomic E-state index is 13.5. The van der Waals surface area contributed by atoms with E-state index in [0.29, 0.717) is 40.8 Å². The van der Waals surface area contributed by atoms with Crippen molar-refractivity contribution in [2.75, 3.05) is 31.2 Å². The molecule has 3 N–H and O–H groups in total. The molecular weight excluding hydrogens is 1420 g/mol. The summed E-state index contributed by atoms with van der Waals surface area (Å²) in [7, 11) is -8.28. The summed E-state index contributed by atoms with van der Waals surface area (Å²) in [6.45, 7) is 17.6. The maximum absolute atomic E-state index is 13.5. The third kappa shape index (κ3) is 22.7. The first-order valence-electron chi connectivity index (χ1n) is 28.2. The number of carbonyl (C=O) groups excluding carboxylic acids is 3. The molecule has 2 saturated heterocycles. The van der Waals surface area contributed by atoms with E-state index >= 15 is 0 Å². The Bertz CT molecular complexity index is 3760. The Hall–Kier alpha value is -3.08. The van der Waals surface area contributed by atoms with Crippen molar-refractivity contribution in [3.8, 4) is 23.4 Å². The molecule has 10 rings (SSSR count). The van der Waals surface area contributed by atoms with Crippen LogP contribution in [0.4, 0.5) is 32.2 Å². The third-order valence-electron chi connectivity index (χ3n) is 15.7. The number of halogens is 8. The summed E-state index contributed by atoms with van der Waals surface area (Å²) >= 11 is 6.12. The van der Waals surface area contributed by atoms with Crippen LogP contribution < -0.4 is 137 Å². The Morgan fingerprint density at radius 1 is 0.691 bits per heavy atom. The molecule has 0 bridgehead atoms. The fourth-order valence-corrected chi connectivity index (χ4v) is 13.3.